The average molecular weight is 323 g/mol. The van der Waals surface area contributed by atoms with E-state index in [-0.39, 0.29) is 30.6 Å². The maximum atomic E-state index is 9.35. The van der Waals surface area contributed by atoms with Crippen LogP contribution in [0.2, 0.25) is 0 Å². The second-order valence-corrected chi connectivity index (χ2v) is 4.83. The third-order valence-electron chi connectivity index (χ3n) is 3.32. The molecule has 20 heavy (non-hydrogen) atoms. The molecule has 4 nitrogen and oxygen atoms in total. The Morgan fingerprint density at radius 1 is 1.15 bits per heavy atom. The SMILES string of the molecule is Cl.Cl.Nc1ccc(O)cc1OCCCN1CCCCC1. The van der Waals surface area contributed by atoms with Crippen molar-refractivity contribution >= 4 is 30.5 Å². The molecule has 116 valence electrons. The zero-order chi connectivity index (χ0) is 12.8. The lowest BCUT2D eigenvalue weighted by Gasteiger charge is -2.26. The summed E-state index contributed by atoms with van der Waals surface area (Å²) in [4.78, 5) is 2.48. The quantitative estimate of drug-likeness (QED) is 0.497. The molecule has 0 radical (unpaired) electrons. The van der Waals surface area contributed by atoms with Crippen molar-refractivity contribution in [2.45, 2.75) is 25.7 Å². The van der Waals surface area contributed by atoms with E-state index in [1.54, 1.807) is 18.2 Å². The summed E-state index contributed by atoms with van der Waals surface area (Å²) in [5.74, 6) is 0.767. The molecule has 1 aromatic rings. The highest BCUT2D eigenvalue weighted by Gasteiger charge is 2.09. The summed E-state index contributed by atoms with van der Waals surface area (Å²) in [6.07, 6.45) is 5.00. The highest BCUT2D eigenvalue weighted by atomic mass is 35.5. The molecule has 0 spiro atoms. The van der Waals surface area contributed by atoms with Crippen molar-refractivity contribution in [2.24, 2.45) is 0 Å². The maximum absolute atomic E-state index is 9.35. The van der Waals surface area contributed by atoms with Gasteiger partial charge in [-0.1, -0.05) is 6.42 Å². The van der Waals surface area contributed by atoms with Crippen molar-refractivity contribution in [2.75, 3.05) is 32.0 Å². The van der Waals surface area contributed by atoms with E-state index in [4.69, 9.17) is 10.5 Å². The third-order valence-corrected chi connectivity index (χ3v) is 3.32. The number of halogens is 2. The first kappa shape index (κ1) is 19.2. The first-order valence-electron chi connectivity index (χ1n) is 6.69. The van der Waals surface area contributed by atoms with Gasteiger partial charge in [-0.3, -0.25) is 0 Å². The molecule has 3 N–H and O–H groups in total. The molecular weight excluding hydrogens is 299 g/mol. The molecular formula is C14H24Cl2N2O2. The number of nitrogens with two attached hydrogens (primary N) is 1. The van der Waals surface area contributed by atoms with Gasteiger partial charge in [0.05, 0.1) is 12.3 Å². The number of phenols is 1. The average Bonchev–Trinajstić information content (AvgIpc) is 2.40. The number of nitrogen functional groups attached to an aromatic ring is 1. The van der Waals surface area contributed by atoms with E-state index in [2.05, 4.69) is 4.90 Å². The summed E-state index contributed by atoms with van der Waals surface area (Å²) in [5, 5.41) is 9.35. The lowest BCUT2D eigenvalue weighted by Crippen LogP contribution is -2.31. The fourth-order valence-corrected chi connectivity index (χ4v) is 2.30. The van der Waals surface area contributed by atoms with Crippen molar-refractivity contribution in [3.8, 4) is 11.5 Å². The predicted octanol–water partition coefficient (Wildman–Crippen LogP) is 3.07. The summed E-state index contributed by atoms with van der Waals surface area (Å²) in [6, 6.07) is 4.79. The molecule has 2 rings (SSSR count). The molecule has 1 saturated heterocycles. The normalized spacial score (nSPS) is 15.0. The van der Waals surface area contributed by atoms with Crippen LogP contribution in [0.3, 0.4) is 0 Å². The number of benzene rings is 1. The van der Waals surface area contributed by atoms with Crippen LogP contribution >= 0.6 is 24.8 Å². The van der Waals surface area contributed by atoms with Gasteiger partial charge in [0.2, 0.25) is 0 Å². The van der Waals surface area contributed by atoms with Crippen LogP contribution in [0, 0.1) is 0 Å². The molecule has 0 amide bonds. The number of rotatable bonds is 5. The minimum Gasteiger partial charge on any atom is -0.508 e. The Bertz CT molecular complexity index is 385. The van der Waals surface area contributed by atoms with Gasteiger partial charge in [-0.25, -0.2) is 0 Å². The van der Waals surface area contributed by atoms with Gasteiger partial charge in [0.1, 0.15) is 11.5 Å². The maximum Gasteiger partial charge on any atom is 0.145 e. The van der Waals surface area contributed by atoms with Crippen molar-refractivity contribution in [1.29, 1.82) is 0 Å². The molecule has 6 heteroatoms. The second kappa shape index (κ2) is 9.97. The van der Waals surface area contributed by atoms with E-state index in [1.165, 1.54) is 32.4 Å². The van der Waals surface area contributed by atoms with Crippen LogP contribution in [0.15, 0.2) is 18.2 Å². The van der Waals surface area contributed by atoms with Crippen molar-refractivity contribution in [3.05, 3.63) is 18.2 Å². The molecule has 0 aliphatic carbocycles. The summed E-state index contributed by atoms with van der Waals surface area (Å²) >= 11 is 0. The Labute approximate surface area is 133 Å². The molecule has 1 heterocycles. The lowest BCUT2D eigenvalue weighted by molar-refractivity contribution is 0.205. The topological polar surface area (TPSA) is 58.7 Å². The molecule has 1 aliphatic rings. The van der Waals surface area contributed by atoms with Gasteiger partial charge in [0.25, 0.3) is 0 Å². The molecule has 0 unspecified atom stereocenters. The highest BCUT2D eigenvalue weighted by Crippen LogP contribution is 2.26. The van der Waals surface area contributed by atoms with E-state index >= 15 is 0 Å². The van der Waals surface area contributed by atoms with Gasteiger partial charge >= 0.3 is 0 Å². The summed E-state index contributed by atoms with van der Waals surface area (Å²) < 4.78 is 5.60. The summed E-state index contributed by atoms with van der Waals surface area (Å²) in [6.45, 7) is 4.16. The van der Waals surface area contributed by atoms with Gasteiger partial charge in [-0.05, 0) is 44.5 Å². The third kappa shape index (κ3) is 6.07. The minimum absolute atomic E-state index is 0. The van der Waals surface area contributed by atoms with Crippen LogP contribution in [0.4, 0.5) is 5.69 Å². The number of hydrogen-bond donors (Lipinski definition) is 2. The monoisotopic (exact) mass is 322 g/mol. The molecule has 1 fully saturated rings. The van der Waals surface area contributed by atoms with Crippen LogP contribution in [0.5, 0.6) is 11.5 Å². The predicted molar refractivity (Wildman–Crippen MR) is 87.4 cm³/mol. The number of likely N-dealkylation sites (tertiary alicyclic amines) is 1. The van der Waals surface area contributed by atoms with Crippen molar-refractivity contribution < 1.29 is 9.84 Å². The zero-order valence-electron chi connectivity index (χ0n) is 11.6. The number of aromatic hydroxyl groups is 1. The molecule has 0 atom stereocenters. The smallest absolute Gasteiger partial charge is 0.145 e. The van der Waals surface area contributed by atoms with Crippen molar-refractivity contribution in [3.63, 3.8) is 0 Å². The fraction of sp³-hybridized carbons (Fsp3) is 0.571. The van der Waals surface area contributed by atoms with Crippen molar-refractivity contribution in [1.82, 2.24) is 4.90 Å². The van der Waals surface area contributed by atoms with E-state index in [0.717, 1.165) is 13.0 Å². The number of piperidine rings is 1. The van der Waals surface area contributed by atoms with Crippen LogP contribution in [0.25, 0.3) is 0 Å². The number of hydrogen-bond acceptors (Lipinski definition) is 4. The lowest BCUT2D eigenvalue weighted by atomic mass is 10.1. The molecule has 0 bridgehead atoms. The van der Waals surface area contributed by atoms with E-state index in [1.807, 2.05) is 0 Å². The molecule has 0 saturated carbocycles. The molecule has 1 aromatic carbocycles. The van der Waals surface area contributed by atoms with Gasteiger partial charge < -0.3 is 20.5 Å². The number of anilines is 1. The molecule has 1 aliphatic heterocycles. The fourth-order valence-electron chi connectivity index (χ4n) is 2.30. The van der Waals surface area contributed by atoms with Gasteiger partial charge in [0, 0.05) is 12.6 Å². The largest absolute Gasteiger partial charge is 0.508 e. The van der Waals surface area contributed by atoms with E-state index in [0.29, 0.717) is 18.0 Å². The number of phenolic OH excluding ortho intramolecular Hbond substituents is 1. The van der Waals surface area contributed by atoms with Gasteiger partial charge in [-0.15, -0.1) is 24.8 Å². The summed E-state index contributed by atoms with van der Waals surface area (Å²) in [5.41, 5.74) is 6.34. The Hall–Kier alpha value is -0.840. The van der Waals surface area contributed by atoms with Gasteiger partial charge in [0.15, 0.2) is 0 Å². The first-order chi connectivity index (χ1) is 8.75. The first-order valence-corrected chi connectivity index (χ1v) is 6.69. The van der Waals surface area contributed by atoms with Crippen LogP contribution < -0.4 is 10.5 Å². The van der Waals surface area contributed by atoms with E-state index in [9.17, 15) is 5.11 Å². The zero-order valence-corrected chi connectivity index (χ0v) is 13.2. The van der Waals surface area contributed by atoms with Crippen LogP contribution in [-0.2, 0) is 0 Å². The summed E-state index contributed by atoms with van der Waals surface area (Å²) in [7, 11) is 0. The highest BCUT2D eigenvalue weighted by molar-refractivity contribution is 5.85. The second-order valence-electron chi connectivity index (χ2n) is 4.83. The van der Waals surface area contributed by atoms with Crippen LogP contribution in [-0.4, -0.2) is 36.2 Å². The molecule has 0 aromatic heterocycles. The Kier molecular flexibility index (Phi) is 9.55. The Balaban J connectivity index is 0.00000180. The number of ether oxygens (including phenoxy) is 1. The number of nitrogens with zero attached hydrogens (tertiary/aromatic N) is 1. The standard InChI is InChI=1S/C14H22N2O2.2ClH/c15-13-6-5-12(17)11-14(13)18-10-4-9-16-7-2-1-3-8-16;;/h5-6,11,17H,1-4,7-10,15H2;2*1H. The Morgan fingerprint density at radius 2 is 1.85 bits per heavy atom. The van der Waals surface area contributed by atoms with Crippen LogP contribution in [0.1, 0.15) is 25.7 Å². The minimum atomic E-state index is 0. The van der Waals surface area contributed by atoms with Gasteiger partial charge in [-0.2, -0.15) is 0 Å². The van der Waals surface area contributed by atoms with E-state index < -0.39 is 0 Å². The Morgan fingerprint density at radius 3 is 2.55 bits per heavy atom.